The van der Waals surface area contributed by atoms with Gasteiger partial charge >= 0.3 is 0 Å². The van der Waals surface area contributed by atoms with Crippen molar-refractivity contribution in [1.82, 2.24) is 15.1 Å². The molecule has 3 rings (SSSR count). The van der Waals surface area contributed by atoms with Crippen LogP contribution in [-0.2, 0) is 7.05 Å². The van der Waals surface area contributed by atoms with E-state index in [0.29, 0.717) is 11.7 Å². The summed E-state index contributed by atoms with van der Waals surface area (Å²) in [6.07, 6.45) is 1.13. The highest BCUT2D eigenvalue weighted by Crippen LogP contribution is 2.32. The van der Waals surface area contributed by atoms with Crippen molar-refractivity contribution in [2.24, 2.45) is 7.05 Å². The average Bonchev–Trinajstić information content (AvgIpc) is 2.86. The zero-order valence-corrected chi connectivity index (χ0v) is 9.27. The number of rotatable bonds is 1. The van der Waals surface area contributed by atoms with Gasteiger partial charge in [-0.2, -0.15) is 5.10 Å². The highest BCUT2D eigenvalue weighted by Gasteiger charge is 2.23. The first-order valence-corrected chi connectivity index (χ1v) is 5.62. The Labute approximate surface area is 93.9 Å². The minimum absolute atomic E-state index is 0.310. The fraction of sp³-hybridized carbons (Fsp3) is 0.417. The molecule has 1 aromatic heterocycles. The number of aromatic hydroxyl groups is 1. The van der Waals surface area contributed by atoms with Crippen molar-refractivity contribution in [3.63, 3.8) is 0 Å². The number of phenols is 1. The first-order valence-electron chi connectivity index (χ1n) is 5.62. The van der Waals surface area contributed by atoms with Gasteiger partial charge in [0.25, 0.3) is 0 Å². The summed E-state index contributed by atoms with van der Waals surface area (Å²) < 4.78 is 1.78. The molecular weight excluding hydrogens is 202 g/mol. The van der Waals surface area contributed by atoms with Gasteiger partial charge in [-0.15, -0.1) is 0 Å². The van der Waals surface area contributed by atoms with Crippen molar-refractivity contribution in [1.29, 1.82) is 0 Å². The second-order valence-corrected chi connectivity index (χ2v) is 4.37. The van der Waals surface area contributed by atoms with Crippen LogP contribution in [0.5, 0.6) is 5.75 Å². The van der Waals surface area contributed by atoms with E-state index in [1.807, 2.05) is 19.2 Å². The molecule has 16 heavy (non-hydrogen) atoms. The van der Waals surface area contributed by atoms with Crippen molar-refractivity contribution in [3.05, 3.63) is 23.9 Å². The maximum Gasteiger partial charge on any atom is 0.141 e. The lowest BCUT2D eigenvalue weighted by Gasteiger charge is -2.04. The van der Waals surface area contributed by atoms with Crippen LogP contribution in [0.15, 0.2) is 18.2 Å². The Morgan fingerprint density at radius 1 is 1.50 bits per heavy atom. The third-order valence-electron chi connectivity index (χ3n) is 3.32. The number of benzene rings is 1. The third-order valence-corrected chi connectivity index (χ3v) is 3.32. The molecule has 0 saturated carbocycles. The standard InChI is InChI=1S/C12H15N3O/c1-15-12-9(3-2-4-10(12)16)11(14-15)8-5-6-13-7-8/h2-4,8,13,16H,5-7H2,1H3. The molecule has 2 N–H and O–H groups in total. The quantitative estimate of drug-likeness (QED) is 0.758. The van der Waals surface area contributed by atoms with Crippen LogP contribution in [0.2, 0.25) is 0 Å². The number of nitrogens with one attached hydrogen (secondary N) is 1. The summed E-state index contributed by atoms with van der Waals surface area (Å²) in [5.41, 5.74) is 1.95. The highest BCUT2D eigenvalue weighted by atomic mass is 16.3. The lowest BCUT2D eigenvalue weighted by Crippen LogP contribution is -2.08. The molecule has 1 aromatic carbocycles. The number of aromatic nitrogens is 2. The van der Waals surface area contributed by atoms with Crippen LogP contribution in [-0.4, -0.2) is 28.0 Å². The molecule has 0 radical (unpaired) electrons. The normalized spacial score (nSPS) is 20.7. The second kappa shape index (κ2) is 3.49. The van der Waals surface area contributed by atoms with Crippen molar-refractivity contribution in [3.8, 4) is 5.75 Å². The van der Waals surface area contributed by atoms with E-state index in [1.165, 1.54) is 0 Å². The molecule has 1 aliphatic rings. The largest absolute Gasteiger partial charge is 0.506 e. The summed E-state index contributed by atoms with van der Waals surface area (Å²) in [7, 11) is 1.88. The molecule has 1 unspecified atom stereocenters. The SMILES string of the molecule is Cn1nc(C2CCNC2)c2cccc(O)c21. The third kappa shape index (κ3) is 1.30. The number of aryl methyl sites for hydroxylation is 1. The molecule has 0 bridgehead atoms. The van der Waals surface area contributed by atoms with Gasteiger partial charge in [0, 0.05) is 24.9 Å². The van der Waals surface area contributed by atoms with Crippen molar-refractivity contribution < 1.29 is 5.11 Å². The molecule has 2 heterocycles. The van der Waals surface area contributed by atoms with Crippen LogP contribution in [0.3, 0.4) is 0 Å². The Hall–Kier alpha value is -1.55. The molecule has 1 fully saturated rings. The van der Waals surface area contributed by atoms with Crippen LogP contribution >= 0.6 is 0 Å². The molecule has 1 saturated heterocycles. The molecular formula is C12H15N3O. The Balaban J connectivity index is 2.22. The van der Waals surface area contributed by atoms with Crippen LogP contribution in [0.1, 0.15) is 18.0 Å². The predicted octanol–water partition coefficient (Wildman–Crippen LogP) is 1.36. The number of hydrogen-bond acceptors (Lipinski definition) is 3. The van der Waals surface area contributed by atoms with Crippen LogP contribution < -0.4 is 5.32 Å². The number of para-hydroxylation sites is 1. The van der Waals surface area contributed by atoms with Crippen LogP contribution in [0, 0.1) is 0 Å². The van der Waals surface area contributed by atoms with Gasteiger partial charge in [-0.1, -0.05) is 12.1 Å². The number of phenolic OH excluding ortho intramolecular Hbond substituents is 1. The van der Waals surface area contributed by atoms with Crippen LogP contribution in [0.25, 0.3) is 10.9 Å². The molecule has 84 valence electrons. The number of nitrogens with zero attached hydrogens (tertiary/aromatic N) is 2. The molecule has 1 atom stereocenters. The molecule has 4 nitrogen and oxygen atoms in total. The van der Waals surface area contributed by atoms with E-state index in [9.17, 15) is 5.11 Å². The fourth-order valence-electron chi connectivity index (χ4n) is 2.53. The van der Waals surface area contributed by atoms with E-state index < -0.39 is 0 Å². The summed E-state index contributed by atoms with van der Waals surface area (Å²) in [6.45, 7) is 2.04. The second-order valence-electron chi connectivity index (χ2n) is 4.37. The molecule has 0 amide bonds. The lowest BCUT2D eigenvalue weighted by molar-refractivity contribution is 0.477. The zero-order chi connectivity index (χ0) is 11.1. The molecule has 1 aliphatic heterocycles. The number of fused-ring (bicyclic) bond motifs is 1. The van der Waals surface area contributed by atoms with E-state index in [0.717, 1.165) is 36.1 Å². The summed E-state index contributed by atoms with van der Waals surface area (Å²) in [6, 6.07) is 5.63. The first-order chi connectivity index (χ1) is 7.77. The Morgan fingerprint density at radius 3 is 3.12 bits per heavy atom. The van der Waals surface area contributed by atoms with E-state index in [4.69, 9.17) is 0 Å². The van der Waals surface area contributed by atoms with E-state index >= 15 is 0 Å². The van der Waals surface area contributed by atoms with E-state index in [-0.39, 0.29) is 0 Å². The van der Waals surface area contributed by atoms with E-state index in [1.54, 1.807) is 10.7 Å². The summed E-state index contributed by atoms with van der Waals surface area (Å²) >= 11 is 0. The smallest absolute Gasteiger partial charge is 0.141 e. The predicted molar refractivity (Wildman–Crippen MR) is 62.6 cm³/mol. The Bertz CT molecular complexity index is 526. The topological polar surface area (TPSA) is 50.1 Å². The summed E-state index contributed by atoms with van der Waals surface area (Å²) in [5, 5.41) is 18.8. The molecule has 0 spiro atoms. The molecule has 4 heteroatoms. The van der Waals surface area contributed by atoms with Gasteiger partial charge in [0.2, 0.25) is 0 Å². The Kier molecular flexibility index (Phi) is 2.11. The van der Waals surface area contributed by atoms with Crippen molar-refractivity contribution in [2.45, 2.75) is 12.3 Å². The van der Waals surface area contributed by atoms with Crippen LogP contribution in [0.4, 0.5) is 0 Å². The Morgan fingerprint density at radius 2 is 2.38 bits per heavy atom. The van der Waals surface area contributed by atoms with Crippen molar-refractivity contribution in [2.75, 3.05) is 13.1 Å². The minimum Gasteiger partial charge on any atom is -0.506 e. The van der Waals surface area contributed by atoms with Gasteiger partial charge in [-0.05, 0) is 19.0 Å². The number of hydrogen-bond donors (Lipinski definition) is 2. The van der Waals surface area contributed by atoms with Gasteiger partial charge in [0.1, 0.15) is 11.3 Å². The maximum absolute atomic E-state index is 9.83. The zero-order valence-electron chi connectivity index (χ0n) is 9.27. The van der Waals surface area contributed by atoms with Gasteiger partial charge in [-0.3, -0.25) is 4.68 Å². The first kappa shape index (κ1) is 9.66. The average molecular weight is 217 g/mol. The van der Waals surface area contributed by atoms with Gasteiger partial charge < -0.3 is 10.4 Å². The lowest BCUT2D eigenvalue weighted by atomic mass is 10.0. The maximum atomic E-state index is 9.83. The van der Waals surface area contributed by atoms with Crippen molar-refractivity contribution >= 4 is 10.9 Å². The molecule has 2 aromatic rings. The monoisotopic (exact) mass is 217 g/mol. The van der Waals surface area contributed by atoms with Gasteiger partial charge in [-0.25, -0.2) is 0 Å². The fourth-order valence-corrected chi connectivity index (χ4v) is 2.53. The van der Waals surface area contributed by atoms with Gasteiger partial charge in [0.15, 0.2) is 0 Å². The summed E-state index contributed by atoms with van der Waals surface area (Å²) in [4.78, 5) is 0. The van der Waals surface area contributed by atoms with Gasteiger partial charge in [0.05, 0.1) is 5.69 Å². The highest BCUT2D eigenvalue weighted by molar-refractivity contribution is 5.87. The van der Waals surface area contributed by atoms with E-state index in [2.05, 4.69) is 10.4 Å². The summed E-state index contributed by atoms with van der Waals surface area (Å²) in [5.74, 6) is 0.787. The minimum atomic E-state index is 0.310. The molecule has 0 aliphatic carbocycles.